The molecule has 0 saturated carbocycles. The van der Waals surface area contributed by atoms with Crippen LogP contribution in [0.5, 0.6) is 0 Å². The largest absolute Gasteiger partial charge is 0.434 e. The number of nitrogens with two attached hydrogens (primary N) is 1. The summed E-state index contributed by atoms with van der Waals surface area (Å²) in [6.07, 6.45) is 1.50. The monoisotopic (exact) mass is 192 g/mol. The first-order valence-electron chi connectivity index (χ1n) is 3.95. The number of H-pyrrole nitrogens is 1. The highest BCUT2D eigenvalue weighted by molar-refractivity contribution is 5.56. The Morgan fingerprint density at radius 1 is 1.57 bits per heavy atom. The van der Waals surface area contributed by atoms with Gasteiger partial charge in [-0.1, -0.05) is 0 Å². The number of rotatable bonds is 1. The van der Waals surface area contributed by atoms with Gasteiger partial charge in [-0.15, -0.1) is 5.10 Å². The Morgan fingerprint density at radius 3 is 2.93 bits per heavy atom. The average Bonchev–Trinajstić information content (AvgIpc) is 2.57. The molecule has 0 radical (unpaired) electrons. The number of aryl methyl sites for hydroxylation is 1. The normalized spacial score (nSPS) is 10.4. The van der Waals surface area contributed by atoms with Crippen molar-refractivity contribution in [3.8, 4) is 11.5 Å². The van der Waals surface area contributed by atoms with Crippen LogP contribution in [0.4, 0.5) is 5.82 Å². The molecule has 6 nitrogen and oxygen atoms in total. The van der Waals surface area contributed by atoms with E-state index < -0.39 is 5.76 Å². The number of pyridine rings is 1. The van der Waals surface area contributed by atoms with Crippen LogP contribution in [-0.4, -0.2) is 15.2 Å². The zero-order valence-electron chi connectivity index (χ0n) is 7.44. The summed E-state index contributed by atoms with van der Waals surface area (Å²) in [5.74, 6) is 0.0757. The minimum Gasteiger partial charge on any atom is -0.388 e. The molecule has 72 valence electrons. The Morgan fingerprint density at radius 2 is 2.36 bits per heavy atom. The maximum Gasteiger partial charge on any atom is 0.434 e. The van der Waals surface area contributed by atoms with Crippen molar-refractivity contribution in [2.24, 2.45) is 0 Å². The van der Waals surface area contributed by atoms with Crippen molar-refractivity contribution in [3.05, 3.63) is 28.4 Å². The van der Waals surface area contributed by atoms with E-state index in [1.165, 1.54) is 6.20 Å². The second-order valence-electron chi connectivity index (χ2n) is 2.84. The zero-order valence-corrected chi connectivity index (χ0v) is 7.44. The van der Waals surface area contributed by atoms with Crippen molar-refractivity contribution in [3.63, 3.8) is 0 Å². The topological polar surface area (TPSA) is 97.8 Å². The van der Waals surface area contributed by atoms with Gasteiger partial charge in [0.15, 0.2) is 0 Å². The molecule has 0 fully saturated rings. The van der Waals surface area contributed by atoms with Crippen molar-refractivity contribution in [1.82, 2.24) is 15.2 Å². The molecule has 14 heavy (non-hydrogen) atoms. The number of aromatic nitrogens is 3. The highest BCUT2D eigenvalue weighted by Gasteiger charge is 2.06. The lowest BCUT2D eigenvalue weighted by molar-refractivity contribution is 0.526. The highest BCUT2D eigenvalue weighted by Crippen LogP contribution is 2.17. The third-order valence-corrected chi connectivity index (χ3v) is 1.80. The number of nitrogens with zero attached hydrogens (tertiary/aromatic N) is 2. The first-order valence-corrected chi connectivity index (χ1v) is 3.95. The summed E-state index contributed by atoms with van der Waals surface area (Å²) in [6, 6.07) is 1.75. The van der Waals surface area contributed by atoms with Gasteiger partial charge in [0, 0.05) is 6.20 Å². The van der Waals surface area contributed by atoms with Gasteiger partial charge in [-0.3, -0.25) is 0 Å². The lowest BCUT2D eigenvalue weighted by Crippen LogP contribution is -1.94. The van der Waals surface area contributed by atoms with Crippen LogP contribution in [0.1, 0.15) is 5.56 Å². The summed E-state index contributed by atoms with van der Waals surface area (Å²) in [6.45, 7) is 1.82. The Hall–Kier alpha value is -2.11. The lowest BCUT2D eigenvalue weighted by Gasteiger charge is -1.99. The number of hydrogen-bond acceptors (Lipinski definition) is 5. The minimum absolute atomic E-state index is 0.214. The summed E-state index contributed by atoms with van der Waals surface area (Å²) < 4.78 is 4.76. The van der Waals surface area contributed by atoms with Crippen LogP contribution < -0.4 is 11.5 Å². The summed E-state index contributed by atoms with van der Waals surface area (Å²) in [5.41, 5.74) is 6.97. The first-order chi connectivity index (χ1) is 6.66. The van der Waals surface area contributed by atoms with Crippen LogP contribution in [0.25, 0.3) is 11.5 Å². The quantitative estimate of drug-likeness (QED) is 0.677. The maximum atomic E-state index is 10.7. The van der Waals surface area contributed by atoms with Gasteiger partial charge < -0.3 is 10.2 Å². The van der Waals surface area contributed by atoms with E-state index in [9.17, 15) is 4.79 Å². The number of hydrogen-bond donors (Lipinski definition) is 2. The van der Waals surface area contributed by atoms with Gasteiger partial charge in [0.25, 0.3) is 5.89 Å². The predicted molar refractivity (Wildman–Crippen MR) is 49.5 cm³/mol. The summed E-state index contributed by atoms with van der Waals surface area (Å²) in [4.78, 5) is 14.6. The second-order valence-corrected chi connectivity index (χ2v) is 2.84. The summed E-state index contributed by atoms with van der Waals surface area (Å²) in [5, 5.41) is 5.84. The van der Waals surface area contributed by atoms with Crippen LogP contribution in [-0.2, 0) is 0 Å². The fourth-order valence-corrected chi connectivity index (χ4v) is 1.06. The average molecular weight is 192 g/mol. The molecule has 2 aromatic heterocycles. The van der Waals surface area contributed by atoms with E-state index in [0.29, 0.717) is 11.4 Å². The van der Waals surface area contributed by atoms with Crippen LogP contribution in [0.3, 0.4) is 0 Å². The molecule has 0 spiro atoms. The molecule has 0 atom stereocenters. The SMILES string of the molecule is Cc1cc(-c2n[nH]c(=O)o2)cnc1N. The molecule has 0 aliphatic rings. The van der Waals surface area contributed by atoms with E-state index in [1.807, 2.05) is 6.92 Å². The van der Waals surface area contributed by atoms with E-state index in [-0.39, 0.29) is 5.89 Å². The van der Waals surface area contributed by atoms with Crippen molar-refractivity contribution >= 4 is 5.82 Å². The van der Waals surface area contributed by atoms with E-state index in [0.717, 1.165) is 5.56 Å². The molecule has 0 bridgehead atoms. The van der Waals surface area contributed by atoms with Gasteiger partial charge >= 0.3 is 5.76 Å². The van der Waals surface area contributed by atoms with E-state index >= 15 is 0 Å². The van der Waals surface area contributed by atoms with Gasteiger partial charge in [0.05, 0.1) is 5.56 Å². The summed E-state index contributed by atoms with van der Waals surface area (Å²) in [7, 11) is 0. The molecule has 0 aliphatic heterocycles. The van der Waals surface area contributed by atoms with Gasteiger partial charge in [0.2, 0.25) is 0 Å². The maximum absolute atomic E-state index is 10.7. The second kappa shape index (κ2) is 2.99. The highest BCUT2D eigenvalue weighted by atomic mass is 16.4. The number of anilines is 1. The smallest absolute Gasteiger partial charge is 0.388 e. The van der Waals surface area contributed by atoms with Crippen molar-refractivity contribution in [1.29, 1.82) is 0 Å². The number of nitrogen functional groups attached to an aromatic ring is 1. The molecule has 2 rings (SSSR count). The fraction of sp³-hybridized carbons (Fsp3) is 0.125. The van der Waals surface area contributed by atoms with E-state index in [1.54, 1.807) is 6.07 Å². The molecule has 0 aromatic carbocycles. The molecular formula is C8H8N4O2. The standard InChI is InChI=1S/C8H8N4O2/c1-4-2-5(3-10-6(4)9)7-11-12-8(13)14-7/h2-3H,1H3,(H2,9,10)(H,12,13). The van der Waals surface area contributed by atoms with Crippen molar-refractivity contribution in [2.75, 3.05) is 5.73 Å². The van der Waals surface area contributed by atoms with Gasteiger partial charge in [-0.2, -0.15) is 0 Å². The predicted octanol–water partition coefficient (Wildman–Crippen LogP) is 0.316. The van der Waals surface area contributed by atoms with Crippen LogP contribution in [0, 0.1) is 6.92 Å². The number of aromatic amines is 1. The zero-order chi connectivity index (χ0) is 10.1. The molecule has 0 amide bonds. The number of nitrogens with one attached hydrogen (secondary N) is 1. The first kappa shape index (κ1) is 8.49. The molecule has 2 aromatic rings. The van der Waals surface area contributed by atoms with Crippen LogP contribution >= 0.6 is 0 Å². The van der Waals surface area contributed by atoms with E-state index in [2.05, 4.69) is 15.2 Å². The van der Waals surface area contributed by atoms with Crippen molar-refractivity contribution in [2.45, 2.75) is 6.92 Å². The molecular weight excluding hydrogens is 184 g/mol. The lowest BCUT2D eigenvalue weighted by atomic mass is 10.2. The summed E-state index contributed by atoms with van der Waals surface area (Å²) >= 11 is 0. The third kappa shape index (κ3) is 1.37. The fourth-order valence-electron chi connectivity index (χ4n) is 1.06. The Kier molecular flexibility index (Phi) is 1.81. The van der Waals surface area contributed by atoms with Gasteiger partial charge in [0.1, 0.15) is 5.82 Å². The molecule has 0 saturated heterocycles. The third-order valence-electron chi connectivity index (χ3n) is 1.80. The van der Waals surface area contributed by atoms with E-state index in [4.69, 9.17) is 10.2 Å². The molecule has 6 heteroatoms. The Balaban J connectivity index is 2.52. The van der Waals surface area contributed by atoms with Gasteiger partial charge in [-0.05, 0) is 18.6 Å². The van der Waals surface area contributed by atoms with Crippen LogP contribution in [0.15, 0.2) is 21.5 Å². The molecule has 2 heterocycles. The molecule has 3 N–H and O–H groups in total. The Labute approximate surface area is 78.8 Å². The molecule has 0 unspecified atom stereocenters. The molecule has 0 aliphatic carbocycles. The van der Waals surface area contributed by atoms with Crippen molar-refractivity contribution < 1.29 is 4.42 Å². The van der Waals surface area contributed by atoms with Crippen LogP contribution in [0.2, 0.25) is 0 Å². The van der Waals surface area contributed by atoms with Gasteiger partial charge in [-0.25, -0.2) is 14.9 Å². The Bertz CT molecular complexity index is 514. The minimum atomic E-state index is -0.588.